The molecule has 2 N–H and O–H groups in total. The zero-order valence-corrected chi connectivity index (χ0v) is 19.6. The maximum absolute atomic E-state index is 13.0. The van der Waals surface area contributed by atoms with E-state index in [4.69, 9.17) is 9.47 Å². The molecule has 0 bridgehead atoms. The summed E-state index contributed by atoms with van der Waals surface area (Å²) in [6, 6.07) is 16.6. The summed E-state index contributed by atoms with van der Waals surface area (Å²) in [7, 11) is 1.37. The van der Waals surface area contributed by atoms with Gasteiger partial charge in [0.15, 0.2) is 0 Å². The number of hydrogen-bond donors (Lipinski definition) is 2. The Morgan fingerprint density at radius 2 is 1.61 bits per heavy atom. The van der Waals surface area contributed by atoms with Gasteiger partial charge in [0.1, 0.15) is 23.1 Å². The maximum atomic E-state index is 13.0. The largest absolute Gasteiger partial charge is 0.496 e. The Morgan fingerprint density at radius 3 is 2.19 bits per heavy atom. The molecular formula is C26H24FN3O6. The lowest BCUT2D eigenvalue weighted by atomic mass is 10.1. The molecule has 3 aromatic carbocycles. The summed E-state index contributed by atoms with van der Waals surface area (Å²) in [6.07, 6.45) is 0.181. The van der Waals surface area contributed by atoms with Crippen molar-refractivity contribution < 1.29 is 33.0 Å². The van der Waals surface area contributed by atoms with Crippen molar-refractivity contribution in [2.45, 2.75) is 20.0 Å². The van der Waals surface area contributed by atoms with Gasteiger partial charge < -0.3 is 14.8 Å². The summed E-state index contributed by atoms with van der Waals surface area (Å²) < 4.78 is 24.1. The first kappa shape index (κ1) is 25.9. The van der Waals surface area contributed by atoms with E-state index in [9.17, 15) is 23.6 Å². The molecule has 36 heavy (non-hydrogen) atoms. The van der Waals surface area contributed by atoms with Crippen LogP contribution in [0.25, 0.3) is 0 Å². The van der Waals surface area contributed by atoms with Gasteiger partial charge in [-0.25, -0.2) is 9.18 Å². The molecule has 0 aliphatic carbocycles. The van der Waals surface area contributed by atoms with E-state index >= 15 is 0 Å². The molecule has 0 fully saturated rings. The van der Waals surface area contributed by atoms with E-state index in [0.717, 1.165) is 10.5 Å². The normalized spacial score (nSPS) is 10.2. The smallest absolute Gasteiger partial charge is 0.330 e. The number of imide groups is 2. The summed E-state index contributed by atoms with van der Waals surface area (Å²) >= 11 is 0. The van der Waals surface area contributed by atoms with Gasteiger partial charge in [0.2, 0.25) is 12.3 Å². The van der Waals surface area contributed by atoms with Gasteiger partial charge in [-0.05, 0) is 48.0 Å². The minimum atomic E-state index is -0.888. The van der Waals surface area contributed by atoms with Crippen LogP contribution in [0, 0.1) is 5.82 Å². The highest BCUT2D eigenvalue weighted by Crippen LogP contribution is 2.26. The molecule has 5 amide bonds. The number of amides is 5. The molecule has 0 aliphatic rings. The highest BCUT2D eigenvalue weighted by molar-refractivity contribution is 5.98. The van der Waals surface area contributed by atoms with Crippen LogP contribution in [0.3, 0.4) is 0 Å². The Balaban J connectivity index is 1.67. The van der Waals surface area contributed by atoms with Crippen molar-refractivity contribution >= 4 is 24.3 Å². The van der Waals surface area contributed by atoms with Gasteiger partial charge in [-0.15, -0.1) is 0 Å². The third kappa shape index (κ3) is 6.66. The summed E-state index contributed by atoms with van der Waals surface area (Å²) in [5.74, 6) is -0.111. The molecule has 9 nitrogen and oxygen atoms in total. The number of halogens is 1. The standard InChI is InChI=1S/C26H24FN3O6/c1-17(32)30(26(34)29-16-31)15-19-4-3-5-23(24(19)35-2)25(33)28-14-18-6-10-21(11-7-18)36-22-12-8-20(27)9-13-22/h3-13,16H,14-15H2,1-2H3,(H,28,33)(H,29,31,34). The lowest BCUT2D eigenvalue weighted by Gasteiger charge is -2.20. The van der Waals surface area contributed by atoms with Crippen LogP contribution < -0.4 is 20.1 Å². The van der Waals surface area contributed by atoms with Crippen LogP contribution in [0.15, 0.2) is 66.7 Å². The molecule has 0 atom stereocenters. The minimum absolute atomic E-state index is 0.181. The fourth-order valence-corrected chi connectivity index (χ4v) is 3.35. The van der Waals surface area contributed by atoms with Gasteiger partial charge in [-0.3, -0.25) is 24.6 Å². The average molecular weight is 493 g/mol. The lowest BCUT2D eigenvalue weighted by Crippen LogP contribution is -2.41. The molecule has 186 valence electrons. The summed E-state index contributed by atoms with van der Waals surface area (Å²) in [4.78, 5) is 48.2. The number of nitrogens with one attached hydrogen (secondary N) is 2. The third-order valence-corrected chi connectivity index (χ3v) is 5.11. The topological polar surface area (TPSA) is 114 Å². The van der Waals surface area contributed by atoms with Crippen molar-refractivity contribution in [2.24, 2.45) is 0 Å². The van der Waals surface area contributed by atoms with Crippen molar-refractivity contribution in [3.05, 3.63) is 89.2 Å². The van der Waals surface area contributed by atoms with Crippen LogP contribution >= 0.6 is 0 Å². The van der Waals surface area contributed by atoms with Crippen molar-refractivity contribution in [1.82, 2.24) is 15.5 Å². The van der Waals surface area contributed by atoms with Gasteiger partial charge in [0.25, 0.3) is 5.91 Å². The number of urea groups is 1. The number of benzene rings is 3. The van der Waals surface area contributed by atoms with Crippen LogP contribution in [0.2, 0.25) is 0 Å². The minimum Gasteiger partial charge on any atom is -0.496 e. The zero-order chi connectivity index (χ0) is 26.1. The highest BCUT2D eigenvalue weighted by Gasteiger charge is 2.22. The highest BCUT2D eigenvalue weighted by atomic mass is 19.1. The van der Waals surface area contributed by atoms with Crippen LogP contribution in [0.1, 0.15) is 28.4 Å². The number of ether oxygens (including phenoxy) is 2. The lowest BCUT2D eigenvalue weighted by molar-refractivity contribution is -0.126. The van der Waals surface area contributed by atoms with E-state index in [1.165, 1.54) is 38.3 Å². The van der Waals surface area contributed by atoms with E-state index in [2.05, 4.69) is 5.32 Å². The second-order valence-electron chi connectivity index (χ2n) is 7.55. The molecule has 0 radical (unpaired) electrons. The number of hydrogen-bond acceptors (Lipinski definition) is 6. The Hall–Kier alpha value is -4.73. The van der Waals surface area contributed by atoms with Gasteiger partial charge in [-0.2, -0.15) is 0 Å². The molecule has 0 heterocycles. The van der Waals surface area contributed by atoms with Crippen molar-refractivity contribution in [2.75, 3.05) is 7.11 Å². The second kappa shape index (κ2) is 12.1. The molecular weight excluding hydrogens is 469 g/mol. The van der Waals surface area contributed by atoms with E-state index in [1.807, 2.05) is 5.32 Å². The Labute approximate surface area is 206 Å². The first-order valence-electron chi connectivity index (χ1n) is 10.8. The predicted octanol–water partition coefficient (Wildman–Crippen LogP) is 3.77. The molecule has 10 heteroatoms. The average Bonchev–Trinajstić information content (AvgIpc) is 2.87. The van der Waals surface area contributed by atoms with Gasteiger partial charge >= 0.3 is 6.03 Å². The number of para-hydroxylation sites is 1. The van der Waals surface area contributed by atoms with Crippen molar-refractivity contribution in [3.8, 4) is 17.2 Å². The van der Waals surface area contributed by atoms with E-state index in [0.29, 0.717) is 17.1 Å². The zero-order valence-electron chi connectivity index (χ0n) is 19.6. The fraction of sp³-hybridized carbons (Fsp3) is 0.154. The van der Waals surface area contributed by atoms with Crippen molar-refractivity contribution in [1.29, 1.82) is 0 Å². The quantitative estimate of drug-likeness (QED) is 0.439. The van der Waals surface area contributed by atoms with Crippen LogP contribution in [0.4, 0.5) is 9.18 Å². The van der Waals surface area contributed by atoms with E-state index in [-0.39, 0.29) is 36.6 Å². The summed E-state index contributed by atoms with van der Waals surface area (Å²) in [5, 5.41) is 4.73. The van der Waals surface area contributed by atoms with Gasteiger partial charge in [0, 0.05) is 19.0 Å². The fourth-order valence-electron chi connectivity index (χ4n) is 3.35. The number of rotatable bonds is 9. The van der Waals surface area contributed by atoms with E-state index < -0.39 is 17.8 Å². The molecule has 0 aliphatic heterocycles. The monoisotopic (exact) mass is 493 g/mol. The maximum Gasteiger partial charge on any atom is 0.330 e. The van der Waals surface area contributed by atoms with E-state index in [1.54, 1.807) is 42.5 Å². The first-order valence-corrected chi connectivity index (χ1v) is 10.8. The molecule has 3 aromatic rings. The van der Waals surface area contributed by atoms with Gasteiger partial charge in [0.05, 0.1) is 19.2 Å². The SMILES string of the molecule is COc1c(CN(C(C)=O)C(=O)NC=O)cccc1C(=O)NCc1ccc(Oc2ccc(F)cc2)cc1. The Kier molecular flexibility index (Phi) is 8.71. The van der Waals surface area contributed by atoms with Crippen LogP contribution in [0.5, 0.6) is 17.2 Å². The molecule has 0 saturated carbocycles. The van der Waals surface area contributed by atoms with Crippen molar-refractivity contribution in [3.63, 3.8) is 0 Å². The Morgan fingerprint density at radius 1 is 0.972 bits per heavy atom. The summed E-state index contributed by atoms with van der Waals surface area (Å²) in [5.41, 5.74) is 1.42. The third-order valence-electron chi connectivity index (χ3n) is 5.11. The second-order valence-corrected chi connectivity index (χ2v) is 7.55. The number of nitrogens with zero attached hydrogens (tertiary/aromatic N) is 1. The number of carbonyl (C=O) groups excluding carboxylic acids is 4. The molecule has 0 saturated heterocycles. The molecule has 0 spiro atoms. The van der Waals surface area contributed by atoms with Crippen LogP contribution in [-0.4, -0.2) is 36.3 Å². The molecule has 3 rings (SSSR count). The van der Waals surface area contributed by atoms with Crippen LogP contribution in [-0.2, 0) is 22.7 Å². The molecule has 0 aromatic heterocycles. The number of carbonyl (C=O) groups is 4. The Bertz CT molecular complexity index is 1250. The number of methoxy groups -OCH3 is 1. The first-order chi connectivity index (χ1) is 17.3. The van der Waals surface area contributed by atoms with Gasteiger partial charge in [-0.1, -0.05) is 24.3 Å². The predicted molar refractivity (Wildman–Crippen MR) is 128 cm³/mol. The molecule has 0 unspecified atom stereocenters. The summed E-state index contributed by atoms with van der Waals surface area (Å²) in [6.45, 7) is 1.20.